The first-order valence-electron chi connectivity index (χ1n) is 6.50. The number of nitrogens with two attached hydrogens (primary N) is 1. The standard InChI is InChI=1S/C14H20ClFN2/c1-18(11-4-2-3-5-11)14(9-17)12-8-10(15)6-7-13(12)16/h6-8,11,14H,2-5,9,17H2,1H3. The van der Waals surface area contributed by atoms with Crippen LogP contribution in [0.1, 0.15) is 37.3 Å². The summed E-state index contributed by atoms with van der Waals surface area (Å²) in [6.45, 7) is 0.407. The second-order valence-electron chi connectivity index (χ2n) is 5.02. The van der Waals surface area contributed by atoms with Gasteiger partial charge in [0.1, 0.15) is 5.82 Å². The number of hydrogen-bond acceptors (Lipinski definition) is 2. The Kier molecular flexibility index (Phi) is 4.60. The first-order valence-corrected chi connectivity index (χ1v) is 6.88. The van der Waals surface area contributed by atoms with Crippen molar-refractivity contribution in [3.63, 3.8) is 0 Å². The molecule has 1 aromatic carbocycles. The fourth-order valence-electron chi connectivity index (χ4n) is 2.85. The Balaban J connectivity index is 2.23. The number of hydrogen-bond donors (Lipinski definition) is 1. The molecule has 2 N–H and O–H groups in total. The SMILES string of the molecule is CN(C1CCCC1)C(CN)c1cc(Cl)ccc1F. The third kappa shape index (κ3) is 2.85. The molecule has 100 valence electrons. The van der Waals surface area contributed by atoms with Crippen LogP contribution < -0.4 is 5.73 Å². The molecule has 0 heterocycles. The highest BCUT2D eigenvalue weighted by molar-refractivity contribution is 6.30. The van der Waals surface area contributed by atoms with Gasteiger partial charge in [-0.15, -0.1) is 0 Å². The van der Waals surface area contributed by atoms with Crippen molar-refractivity contribution in [1.29, 1.82) is 0 Å². The Bertz CT molecular complexity index is 405. The lowest BCUT2D eigenvalue weighted by atomic mass is 10.0. The molecule has 4 heteroatoms. The van der Waals surface area contributed by atoms with E-state index < -0.39 is 0 Å². The van der Waals surface area contributed by atoms with E-state index in [0.717, 1.165) is 0 Å². The Morgan fingerprint density at radius 2 is 2.11 bits per heavy atom. The van der Waals surface area contributed by atoms with Gasteiger partial charge in [-0.25, -0.2) is 4.39 Å². The van der Waals surface area contributed by atoms with Crippen LogP contribution in [0.3, 0.4) is 0 Å². The summed E-state index contributed by atoms with van der Waals surface area (Å²) in [5.74, 6) is -0.223. The zero-order valence-corrected chi connectivity index (χ0v) is 11.5. The molecule has 1 unspecified atom stereocenters. The lowest BCUT2D eigenvalue weighted by molar-refractivity contribution is 0.176. The second-order valence-corrected chi connectivity index (χ2v) is 5.46. The van der Waals surface area contributed by atoms with Crippen LogP contribution in [0.2, 0.25) is 5.02 Å². The first-order chi connectivity index (χ1) is 8.63. The third-order valence-electron chi connectivity index (χ3n) is 3.93. The van der Waals surface area contributed by atoms with E-state index in [1.807, 2.05) is 7.05 Å². The van der Waals surface area contributed by atoms with Crippen LogP contribution >= 0.6 is 11.6 Å². The molecule has 0 bridgehead atoms. The normalized spacial score (nSPS) is 18.5. The van der Waals surface area contributed by atoms with E-state index in [-0.39, 0.29) is 11.9 Å². The molecule has 1 aliphatic rings. The van der Waals surface area contributed by atoms with Crippen LogP contribution in [-0.2, 0) is 0 Å². The van der Waals surface area contributed by atoms with E-state index in [9.17, 15) is 4.39 Å². The second kappa shape index (κ2) is 6.00. The summed E-state index contributed by atoms with van der Waals surface area (Å²) in [5.41, 5.74) is 6.45. The van der Waals surface area contributed by atoms with Gasteiger partial charge in [0.25, 0.3) is 0 Å². The molecule has 0 radical (unpaired) electrons. The highest BCUT2D eigenvalue weighted by Crippen LogP contribution is 2.31. The minimum absolute atomic E-state index is 0.0909. The topological polar surface area (TPSA) is 29.3 Å². The van der Waals surface area contributed by atoms with Crippen molar-refractivity contribution in [3.05, 3.63) is 34.6 Å². The molecule has 0 spiro atoms. The Morgan fingerprint density at radius 3 is 2.72 bits per heavy atom. The summed E-state index contributed by atoms with van der Waals surface area (Å²) >= 11 is 5.96. The third-order valence-corrected chi connectivity index (χ3v) is 4.17. The molecule has 1 saturated carbocycles. The molecule has 1 aromatic rings. The molecule has 2 rings (SSSR count). The maximum atomic E-state index is 13.9. The summed E-state index contributed by atoms with van der Waals surface area (Å²) in [6.07, 6.45) is 4.86. The van der Waals surface area contributed by atoms with Crippen molar-refractivity contribution < 1.29 is 4.39 Å². The summed E-state index contributed by atoms with van der Waals surface area (Å²) in [7, 11) is 2.04. The smallest absolute Gasteiger partial charge is 0.128 e. The van der Waals surface area contributed by atoms with Crippen LogP contribution in [0.5, 0.6) is 0 Å². The van der Waals surface area contributed by atoms with Gasteiger partial charge in [-0.2, -0.15) is 0 Å². The molecule has 0 aromatic heterocycles. The van der Waals surface area contributed by atoms with Crippen molar-refractivity contribution in [2.24, 2.45) is 5.73 Å². The van der Waals surface area contributed by atoms with Crippen LogP contribution in [0.25, 0.3) is 0 Å². The van der Waals surface area contributed by atoms with Gasteiger partial charge in [0, 0.05) is 29.2 Å². The van der Waals surface area contributed by atoms with E-state index in [1.54, 1.807) is 12.1 Å². The van der Waals surface area contributed by atoms with Crippen molar-refractivity contribution in [2.45, 2.75) is 37.8 Å². The summed E-state index contributed by atoms with van der Waals surface area (Å²) in [5, 5.41) is 0.560. The van der Waals surface area contributed by atoms with Crippen molar-refractivity contribution in [1.82, 2.24) is 4.90 Å². The van der Waals surface area contributed by atoms with E-state index >= 15 is 0 Å². The number of rotatable bonds is 4. The average Bonchev–Trinajstić information content (AvgIpc) is 2.88. The molecular formula is C14H20ClFN2. The van der Waals surface area contributed by atoms with Crippen LogP contribution in [0, 0.1) is 5.82 Å². The number of halogens is 2. The Labute approximate surface area is 113 Å². The van der Waals surface area contributed by atoms with Crippen molar-refractivity contribution in [3.8, 4) is 0 Å². The molecular weight excluding hydrogens is 251 g/mol. The summed E-state index contributed by atoms with van der Waals surface area (Å²) < 4.78 is 13.9. The number of nitrogens with zero attached hydrogens (tertiary/aromatic N) is 1. The molecule has 1 fully saturated rings. The van der Waals surface area contributed by atoms with Crippen LogP contribution in [-0.4, -0.2) is 24.5 Å². The Morgan fingerprint density at radius 1 is 1.44 bits per heavy atom. The van der Waals surface area contributed by atoms with Gasteiger partial charge in [0.15, 0.2) is 0 Å². The van der Waals surface area contributed by atoms with E-state index in [4.69, 9.17) is 17.3 Å². The number of likely N-dealkylation sites (N-methyl/N-ethyl adjacent to an activating group) is 1. The van der Waals surface area contributed by atoms with Gasteiger partial charge in [-0.1, -0.05) is 24.4 Å². The minimum atomic E-state index is -0.223. The summed E-state index contributed by atoms with van der Waals surface area (Å²) in [6, 6.07) is 5.11. The van der Waals surface area contributed by atoms with Gasteiger partial charge >= 0.3 is 0 Å². The molecule has 0 saturated heterocycles. The monoisotopic (exact) mass is 270 g/mol. The molecule has 0 amide bonds. The van der Waals surface area contributed by atoms with Crippen LogP contribution in [0.4, 0.5) is 4.39 Å². The van der Waals surface area contributed by atoms with E-state index in [2.05, 4.69) is 4.90 Å². The summed E-state index contributed by atoms with van der Waals surface area (Å²) in [4.78, 5) is 2.21. The zero-order chi connectivity index (χ0) is 13.1. The molecule has 2 nitrogen and oxygen atoms in total. The van der Waals surface area contributed by atoms with Gasteiger partial charge in [-0.05, 0) is 38.1 Å². The zero-order valence-electron chi connectivity index (χ0n) is 10.7. The minimum Gasteiger partial charge on any atom is -0.329 e. The lowest BCUT2D eigenvalue weighted by Gasteiger charge is -2.32. The van der Waals surface area contributed by atoms with Gasteiger partial charge in [0.05, 0.1) is 0 Å². The fourth-order valence-corrected chi connectivity index (χ4v) is 3.03. The maximum Gasteiger partial charge on any atom is 0.128 e. The van der Waals surface area contributed by atoms with E-state index in [0.29, 0.717) is 23.2 Å². The highest BCUT2D eigenvalue weighted by atomic mass is 35.5. The largest absolute Gasteiger partial charge is 0.329 e. The average molecular weight is 271 g/mol. The van der Waals surface area contributed by atoms with Gasteiger partial charge in [0.2, 0.25) is 0 Å². The predicted molar refractivity (Wildman–Crippen MR) is 73.2 cm³/mol. The molecule has 0 aliphatic heterocycles. The van der Waals surface area contributed by atoms with Gasteiger partial charge in [-0.3, -0.25) is 4.90 Å². The van der Waals surface area contributed by atoms with Crippen molar-refractivity contribution >= 4 is 11.6 Å². The number of benzene rings is 1. The Hall–Kier alpha value is -0.640. The maximum absolute atomic E-state index is 13.9. The lowest BCUT2D eigenvalue weighted by Crippen LogP contribution is -2.37. The van der Waals surface area contributed by atoms with E-state index in [1.165, 1.54) is 31.7 Å². The quantitative estimate of drug-likeness (QED) is 0.909. The predicted octanol–water partition coefficient (Wildman–Crippen LogP) is 3.35. The van der Waals surface area contributed by atoms with Crippen molar-refractivity contribution in [2.75, 3.05) is 13.6 Å². The fraction of sp³-hybridized carbons (Fsp3) is 0.571. The van der Waals surface area contributed by atoms with Crippen LogP contribution in [0.15, 0.2) is 18.2 Å². The highest BCUT2D eigenvalue weighted by Gasteiger charge is 2.27. The van der Waals surface area contributed by atoms with Gasteiger partial charge < -0.3 is 5.73 Å². The molecule has 1 aliphatic carbocycles. The molecule has 18 heavy (non-hydrogen) atoms. The first kappa shape index (κ1) is 13.8. The molecule has 1 atom stereocenters.